The molecule has 1 amide bonds. The van der Waals surface area contributed by atoms with E-state index in [-0.39, 0.29) is 11.9 Å². The van der Waals surface area contributed by atoms with E-state index in [1.807, 2.05) is 0 Å². The second-order valence-corrected chi connectivity index (χ2v) is 5.18. The van der Waals surface area contributed by atoms with Crippen molar-refractivity contribution in [3.8, 4) is 0 Å². The van der Waals surface area contributed by atoms with Gasteiger partial charge >= 0.3 is 0 Å². The fraction of sp³-hybridized carbons (Fsp3) is 0.778. The van der Waals surface area contributed by atoms with Crippen LogP contribution in [0, 0.1) is 0 Å². The van der Waals surface area contributed by atoms with E-state index in [1.54, 1.807) is 11.7 Å². The van der Waals surface area contributed by atoms with Crippen molar-refractivity contribution in [2.24, 2.45) is 12.8 Å². The van der Waals surface area contributed by atoms with E-state index in [0.29, 0.717) is 12.5 Å². The molecule has 1 aliphatic carbocycles. The van der Waals surface area contributed by atoms with Crippen LogP contribution in [0.3, 0.4) is 0 Å². The van der Waals surface area contributed by atoms with Crippen molar-refractivity contribution in [1.82, 2.24) is 25.5 Å². The summed E-state index contributed by atoms with van der Waals surface area (Å²) in [7, 11) is 1.79. The number of carbonyl (C=O) groups excluding carboxylic acids is 1. The predicted octanol–water partition coefficient (Wildman–Crippen LogP) is -0.702. The molecule has 1 fully saturated rings. The molecule has 1 heterocycles. The Hall–Kier alpha value is -1.15. The standard InChI is InChI=1S/C9H16N6OS/c1-15-9(12-13-14-15)17-5-4-7(8(10)16)11-6-2-3-6/h6-7,11H,2-5H2,1H3,(H2,10,16). The van der Waals surface area contributed by atoms with Gasteiger partial charge in [0.15, 0.2) is 0 Å². The van der Waals surface area contributed by atoms with Crippen molar-refractivity contribution in [1.29, 1.82) is 0 Å². The van der Waals surface area contributed by atoms with Gasteiger partial charge in [0.05, 0.1) is 6.04 Å². The monoisotopic (exact) mass is 256 g/mol. The number of thioether (sulfide) groups is 1. The van der Waals surface area contributed by atoms with Crippen molar-refractivity contribution in [2.75, 3.05) is 5.75 Å². The van der Waals surface area contributed by atoms with Crippen molar-refractivity contribution in [3.05, 3.63) is 0 Å². The largest absolute Gasteiger partial charge is 0.368 e. The zero-order chi connectivity index (χ0) is 12.3. The van der Waals surface area contributed by atoms with Gasteiger partial charge in [-0.15, -0.1) is 5.10 Å². The first-order chi connectivity index (χ1) is 8.16. The van der Waals surface area contributed by atoms with E-state index in [2.05, 4.69) is 20.8 Å². The third kappa shape index (κ3) is 3.67. The molecule has 8 heteroatoms. The van der Waals surface area contributed by atoms with Gasteiger partial charge in [-0.3, -0.25) is 4.79 Å². The van der Waals surface area contributed by atoms with Gasteiger partial charge in [0.2, 0.25) is 11.1 Å². The van der Waals surface area contributed by atoms with E-state index in [9.17, 15) is 4.79 Å². The van der Waals surface area contributed by atoms with Crippen molar-refractivity contribution >= 4 is 17.7 Å². The minimum absolute atomic E-state index is 0.240. The Morgan fingerprint density at radius 3 is 3.00 bits per heavy atom. The second kappa shape index (κ2) is 5.46. The Morgan fingerprint density at radius 1 is 1.71 bits per heavy atom. The highest BCUT2D eigenvalue weighted by Crippen LogP contribution is 2.21. The first-order valence-electron chi connectivity index (χ1n) is 5.57. The molecule has 0 saturated heterocycles. The van der Waals surface area contributed by atoms with Gasteiger partial charge in [-0.25, -0.2) is 4.68 Å². The number of hydrogen-bond acceptors (Lipinski definition) is 6. The van der Waals surface area contributed by atoms with Gasteiger partial charge in [-0.05, 0) is 29.7 Å². The molecule has 0 aliphatic heterocycles. The van der Waals surface area contributed by atoms with E-state index in [4.69, 9.17) is 5.73 Å². The molecule has 0 bridgehead atoms. The number of aromatic nitrogens is 4. The summed E-state index contributed by atoms with van der Waals surface area (Å²) in [5.74, 6) is 0.482. The quantitative estimate of drug-likeness (QED) is 0.626. The number of carbonyl (C=O) groups is 1. The van der Waals surface area contributed by atoms with Crippen LogP contribution in [0.4, 0.5) is 0 Å². The highest BCUT2D eigenvalue weighted by atomic mass is 32.2. The first kappa shape index (κ1) is 12.3. The highest BCUT2D eigenvalue weighted by Gasteiger charge is 2.26. The minimum atomic E-state index is -0.284. The number of tetrazole rings is 1. The van der Waals surface area contributed by atoms with Gasteiger partial charge in [0, 0.05) is 18.8 Å². The van der Waals surface area contributed by atoms with Crippen LogP contribution < -0.4 is 11.1 Å². The summed E-state index contributed by atoms with van der Waals surface area (Å²) in [4.78, 5) is 11.2. The average molecular weight is 256 g/mol. The zero-order valence-corrected chi connectivity index (χ0v) is 10.5. The number of nitrogens with two attached hydrogens (primary N) is 1. The summed E-state index contributed by atoms with van der Waals surface area (Å²) in [5, 5.41) is 15.1. The lowest BCUT2D eigenvalue weighted by Gasteiger charge is -2.13. The maximum absolute atomic E-state index is 11.2. The van der Waals surface area contributed by atoms with Gasteiger partial charge in [0.1, 0.15) is 0 Å². The van der Waals surface area contributed by atoms with Crippen LogP contribution in [0.5, 0.6) is 0 Å². The molecule has 1 aromatic heterocycles. The summed E-state index contributed by atoms with van der Waals surface area (Å²) in [6, 6.07) is 0.241. The predicted molar refractivity (Wildman–Crippen MR) is 63.3 cm³/mol. The lowest BCUT2D eigenvalue weighted by atomic mass is 10.2. The van der Waals surface area contributed by atoms with Crippen LogP contribution >= 0.6 is 11.8 Å². The van der Waals surface area contributed by atoms with Crippen molar-refractivity contribution in [2.45, 2.75) is 36.5 Å². The molecule has 3 N–H and O–H groups in total. The van der Waals surface area contributed by atoms with Gasteiger partial charge in [-0.2, -0.15) is 0 Å². The third-order valence-electron chi connectivity index (χ3n) is 2.58. The van der Waals surface area contributed by atoms with Crippen molar-refractivity contribution in [3.63, 3.8) is 0 Å². The van der Waals surface area contributed by atoms with Crippen LogP contribution in [-0.2, 0) is 11.8 Å². The number of nitrogens with zero attached hydrogens (tertiary/aromatic N) is 4. The number of primary amides is 1. The van der Waals surface area contributed by atoms with Gasteiger partial charge in [-0.1, -0.05) is 11.8 Å². The van der Waals surface area contributed by atoms with E-state index >= 15 is 0 Å². The molecule has 0 aromatic carbocycles. The topological polar surface area (TPSA) is 98.7 Å². The van der Waals surface area contributed by atoms with Crippen LogP contribution in [0.1, 0.15) is 19.3 Å². The molecular weight excluding hydrogens is 240 g/mol. The molecule has 1 unspecified atom stereocenters. The molecule has 1 saturated carbocycles. The van der Waals surface area contributed by atoms with Crippen LogP contribution in [0.15, 0.2) is 5.16 Å². The lowest BCUT2D eigenvalue weighted by molar-refractivity contribution is -0.120. The Morgan fingerprint density at radius 2 is 2.47 bits per heavy atom. The Balaban J connectivity index is 1.75. The van der Waals surface area contributed by atoms with Gasteiger partial charge < -0.3 is 11.1 Å². The molecule has 1 aromatic rings. The Bertz CT molecular complexity index is 391. The fourth-order valence-electron chi connectivity index (χ4n) is 1.45. The fourth-order valence-corrected chi connectivity index (χ4v) is 2.31. The summed E-state index contributed by atoms with van der Waals surface area (Å²) in [6.45, 7) is 0. The maximum Gasteiger partial charge on any atom is 0.234 e. The Kier molecular flexibility index (Phi) is 3.95. The number of nitrogens with one attached hydrogen (secondary N) is 1. The van der Waals surface area contributed by atoms with Crippen molar-refractivity contribution < 1.29 is 4.79 Å². The summed E-state index contributed by atoms with van der Waals surface area (Å²) in [5.41, 5.74) is 5.35. The summed E-state index contributed by atoms with van der Waals surface area (Å²) < 4.78 is 1.61. The average Bonchev–Trinajstić information content (AvgIpc) is 3.01. The minimum Gasteiger partial charge on any atom is -0.368 e. The van der Waals surface area contributed by atoms with E-state index in [1.165, 1.54) is 11.8 Å². The third-order valence-corrected chi connectivity index (χ3v) is 3.62. The van der Waals surface area contributed by atoms with E-state index in [0.717, 1.165) is 23.8 Å². The maximum atomic E-state index is 11.2. The first-order valence-corrected chi connectivity index (χ1v) is 6.56. The SMILES string of the molecule is Cn1nnnc1SCCC(NC1CC1)C(N)=O. The van der Waals surface area contributed by atoms with Gasteiger partial charge in [0.25, 0.3) is 0 Å². The molecular formula is C9H16N6OS. The van der Waals surface area contributed by atoms with Crippen LogP contribution in [0.2, 0.25) is 0 Å². The Labute approximate surface area is 104 Å². The molecule has 0 spiro atoms. The second-order valence-electron chi connectivity index (χ2n) is 4.12. The smallest absolute Gasteiger partial charge is 0.234 e. The number of rotatable bonds is 7. The normalized spacial score (nSPS) is 17.0. The zero-order valence-electron chi connectivity index (χ0n) is 9.67. The molecule has 1 aliphatic rings. The number of aryl methyl sites for hydroxylation is 1. The number of amides is 1. The highest BCUT2D eigenvalue weighted by molar-refractivity contribution is 7.99. The van der Waals surface area contributed by atoms with Crippen LogP contribution in [0.25, 0.3) is 0 Å². The van der Waals surface area contributed by atoms with E-state index < -0.39 is 0 Å². The molecule has 17 heavy (non-hydrogen) atoms. The molecule has 0 radical (unpaired) electrons. The van der Waals surface area contributed by atoms with Crippen LogP contribution in [-0.4, -0.2) is 44.0 Å². The summed E-state index contributed by atoms with van der Waals surface area (Å²) >= 11 is 1.53. The number of hydrogen-bond donors (Lipinski definition) is 2. The molecule has 1 atom stereocenters. The summed E-state index contributed by atoms with van der Waals surface area (Å²) in [6.07, 6.45) is 2.98. The lowest BCUT2D eigenvalue weighted by Crippen LogP contribution is -2.42. The molecule has 7 nitrogen and oxygen atoms in total. The molecule has 2 rings (SSSR count). The molecule has 94 valence electrons.